The Morgan fingerprint density at radius 1 is 1.32 bits per heavy atom. The number of aliphatic hydroxyl groups is 1. The Morgan fingerprint density at radius 3 is 2.95 bits per heavy atom. The Kier molecular flexibility index (Phi) is 4.61. The van der Waals surface area contributed by atoms with Crippen LogP contribution in [0.15, 0.2) is 41.1 Å². The molecule has 1 unspecified atom stereocenters. The minimum absolute atomic E-state index is 0.208. The molecule has 0 aliphatic rings. The van der Waals surface area contributed by atoms with Crippen molar-refractivity contribution < 1.29 is 5.11 Å². The van der Waals surface area contributed by atoms with Gasteiger partial charge in [-0.3, -0.25) is 4.98 Å². The van der Waals surface area contributed by atoms with Crippen molar-refractivity contribution >= 4 is 44.3 Å². The SMILES string of the molecule is OC(CCl)CNc1ccc2nc(-c3cncc(Br)c3)[nH]c2c1. The highest BCUT2D eigenvalue weighted by molar-refractivity contribution is 9.10. The smallest absolute Gasteiger partial charge is 0.140 e. The first-order chi connectivity index (χ1) is 10.7. The van der Waals surface area contributed by atoms with Crippen molar-refractivity contribution in [3.63, 3.8) is 0 Å². The molecule has 0 aliphatic carbocycles. The van der Waals surface area contributed by atoms with Crippen LogP contribution in [0.3, 0.4) is 0 Å². The van der Waals surface area contributed by atoms with Crippen molar-refractivity contribution in [3.8, 4) is 11.4 Å². The molecule has 0 bridgehead atoms. The number of rotatable bonds is 5. The van der Waals surface area contributed by atoms with E-state index in [-0.39, 0.29) is 5.88 Å². The van der Waals surface area contributed by atoms with Crippen LogP contribution in [-0.2, 0) is 0 Å². The molecule has 0 amide bonds. The van der Waals surface area contributed by atoms with Gasteiger partial charge in [0.05, 0.1) is 23.0 Å². The molecule has 22 heavy (non-hydrogen) atoms. The van der Waals surface area contributed by atoms with Gasteiger partial charge in [-0.05, 0) is 40.2 Å². The third-order valence-corrected chi connectivity index (χ3v) is 3.97. The monoisotopic (exact) mass is 380 g/mol. The average Bonchev–Trinajstić information content (AvgIpc) is 2.95. The van der Waals surface area contributed by atoms with E-state index in [2.05, 4.69) is 36.2 Å². The molecular formula is C15H14BrClN4O. The van der Waals surface area contributed by atoms with Gasteiger partial charge in [-0.2, -0.15) is 0 Å². The third kappa shape index (κ3) is 3.40. The predicted molar refractivity (Wildman–Crippen MR) is 92.2 cm³/mol. The standard InChI is InChI=1S/C15H14BrClN4O/c16-10-3-9(6-18-7-10)15-20-13-2-1-11(4-14(13)21-15)19-8-12(22)5-17/h1-4,6-7,12,19,22H,5,8H2,(H,20,21). The second-order valence-electron chi connectivity index (χ2n) is 4.90. The summed E-state index contributed by atoms with van der Waals surface area (Å²) in [4.78, 5) is 12.0. The summed E-state index contributed by atoms with van der Waals surface area (Å²) in [6, 6.07) is 7.77. The number of benzene rings is 1. The summed E-state index contributed by atoms with van der Waals surface area (Å²) < 4.78 is 0.905. The van der Waals surface area contributed by atoms with E-state index in [1.165, 1.54) is 0 Å². The second-order valence-corrected chi connectivity index (χ2v) is 6.12. The van der Waals surface area contributed by atoms with Crippen LogP contribution in [0.25, 0.3) is 22.4 Å². The number of hydrogen-bond donors (Lipinski definition) is 3. The quantitative estimate of drug-likeness (QED) is 0.592. The van der Waals surface area contributed by atoms with E-state index in [1.807, 2.05) is 24.3 Å². The molecule has 3 N–H and O–H groups in total. The van der Waals surface area contributed by atoms with E-state index < -0.39 is 6.10 Å². The molecule has 0 spiro atoms. The van der Waals surface area contributed by atoms with Crippen LogP contribution >= 0.6 is 27.5 Å². The average molecular weight is 382 g/mol. The molecule has 0 radical (unpaired) electrons. The molecule has 114 valence electrons. The molecule has 0 saturated carbocycles. The van der Waals surface area contributed by atoms with Crippen LogP contribution in [0, 0.1) is 0 Å². The van der Waals surface area contributed by atoms with E-state index in [0.29, 0.717) is 6.54 Å². The van der Waals surface area contributed by atoms with Gasteiger partial charge in [0.25, 0.3) is 0 Å². The Hall–Kier alpha value is -1.63. The van der Waals surface area contributed by atoms with E-state index in [1.54, 1.807) is 12.4 Å². The van der Waals surface area contributed by atoms with Crippen LogP contribution in [0.4, 0.5) is 5.69 Å². The molecule has 3 aromatic rings. The van der Waals surface area contributed by atoms with E-state index in [4.69, 9.17) is 11.6 Å². The maximum absolute atomic E-state index is 9.49. The normalized spacial score (nSPS) is 12.5. The van der Waals surface area contributed by atoms with Gasteiger partial charge in [0, 0.05) is 34.7 Å². The lowest BCUT2D eigenvalue weighted by molar-refractivity contribution is 0.211. The lowest BCUT2D eigenvalue weighted by atomic mass is 10.2. The van der Waals surface area contributed by atoms with Crippen LogP contribution in [0.2, 0.25) is 0 Å². The fourth-order valence-corrected chi connectivity index (χ4v) is 2.56. The first kappa shape index (κ1) is 15.3. The zero-order chi connectivity index (χ0) is 15.5. The van der Waals surface area contributed by atoms with Crippen molar-refractivity contribution in [2.45, 2.75) is 6.10 Å². The minimum Gasteiger partial charge on any atom is -0.390 e. The molecular weight excluding hydrogens is 368 g/mol. The molecule has 1 atom stereocenters. The Morgan fingerprint density at radius 2 is 2.18 bits per heavy atom. The van der Waals surface area contributed by atoms with Crippen LogP contribution in [-0.4, -0.2) is 38.6 Å². The fourth-order valence-electron chi connectivity index (χ4n) is 2.09. The van der Waals surface area contributed by atoms with Crippen LogP contribution in [0.1, 0.15) is 0 Å². The second kappa shape index (κ2) is 6.64. The molecule has 3 rings (SSSR count). The van der Waals surface area contributed by atoms with Gasteiger partial charge in [-0.25, -0.2) is 4.98 Å². The van der Waals surface area contributed by atoms with E-state index in [9.17, 15) is 5.11 Å². The number of aromatic amines is 1. The molecule has 0 fully saturated rings. The van der Waals surface area contributed by atoms with Gasteiger partial charge >= 0.3 is 0 Å². The Balaban J connectivity index is 1.87. The number of pyridine rings is 1. The largest absolute Gasteiger partial charge is 0.390 e. The van der Waals surface area contributed by atoms with Gasteiger partial charge in [0.1, 0.15) is 5.82 Å². The number of aromatic nitrogens is 3. The van der Waals surface area contributed by atoms with Gasteiger partial charge in [0.2, 0.25) is 0 Å². The maximum Gasteiger partial charge on any atom is 0.140 e. The number of hydrogen-bond acceptors (Lipinski definition) is 4. The molecule has 5 nitrogen and oxygen atoms in total. The minimum atomic E-state index is -0.567. The predicted octanol–water partition coefficient (Wildman–Crippen LogP) is 3.40. The Bertz CT molecular complexity index is 792. The van der Waals surface area contributed by atoms with E-state index >= 15 is 0 Å². The zero-order valence-corrected chi connectivity index (χ0v) is 13.9. The number of fused-ring (bicyclic) bond motifs is 1. The fraction of sp³-hybridized carbons (Fsp3) is 0.200. The van der Waals surface area contributed by atoms with Crippen LogP contribution in [0.5, 0.6) is 0 Å². The van der Waals surface area contributed by atoms with Crippen molar-refractivity contribution in [1.82, 2.24) is 15.0 Å². The highest BCUT2D eigenvalue weighted by atomic mass is 79.9. The zero-order valence-electron chi connectivity index (χ0n) is 11.6. The number of aliphatic hydroxyl groups excluding tert-OH is 1. The number of nitrogens with zero attached hydrogens (tertiary/aromatic N) is 2. The number of alkyl halides is 1. The van der Waals surface area contributed by atoms with Gasteiger partial charge < -0.3 is 15.4 Å². The summed E-state index contributed by atoms with van der Waals surface area (Å²) in [5.74, 6) is 0.973. The lowest BCUT2D eigenvalue weighted by Crippen LogP contribution is -2.20. The summed E-state index contributed by atoms with van der Waals surface area (Å²) in [5.41, 5.74) is 3.61. The molecule has 1 aromatic carbocycles. The topological polar surface area (TPSA) is 73.8 Å². The first-order valence-corrected chi connectivity index (χ1v) is 8.07. The highest BCUT2D eigenvalue weighted by Gasteiger charge is 2.07. The third-order valence-electron chi connectivity index (χ3n) is 3.18. The molecule has 7 heteroatoms. The molecule has 0 aliphatic heterocycles. The van der Waals surface area contributed by atoms with Crippen LogP contribution < -0.4 is 5.32 Å². The van der Waals surface area contributed by atoms with E-state index in [0.717, 1.165) is 32.6 Å². The van der Waals surface area contributed by atoms with Gasteiger partial charge in [0.15, 0.2) is 0 Å². The summed E-state index contributed by atoms with van der Waals surface area (Å²) in [7, 11) is 0. The molecule has 2 heterocycles. The number of nitrogens with one attached hydrogen (secondary N) is 2. The lowest BCUT2D eigenvalue weighted by Gasteiger charge is -2.09. The van der Waals surface area contributed by atoms with Crippen molar-refractivity contribution in [2.24, 2.45) is 0 Å². The number of anilines is 1. The molecule has 2 aromatic heterocycles. The molecule has 0 saturated heterocycles. The summed E-state index contributed by atoms with van der Waals surface area (Å²) in [6.07, 6.45) is 2.93. The number of imidazole rings is 1. The number of H-pyrrole nitrogens is 1. The van der Waals surface area contributed by atoms with Crippen molar-refractivity contribution in [1.29, 1.82) is 0 Å². The summed E-state index contributed by atoms with van der Waals surface area (Å²) in [5, 5.41) is 12.6. The summed E-state index contributed by atoms with van der Waals surface area (Å²) in [6.45, 7) is 0.408. The maximum atomic E-state index is 9.49. The first-order valence-electron chi connectivity index (χ1n) is 6.74. The van der Waals surface area contributed by atoms with Crippen molar-refractivity contribution in [3.05, 3.63) is 41.1 Å². The highest BCUT2D eigenvalue weighted by Crippen LogP contribution is 2.24. The van der Waals surface area contributed by atoms with Gasteiger partial charge in [-0.15, -0.1) is 11.6 Å². The summed E-state index contributed by atoms with van der Waals surface area (Å²) >= 11 is 8.99. The van der Waals surface area contributed by atoms with Gasteiger partial charge in [-0.1, -0.05) is 0 Å². The number of halogens is 2. The Labute approximate surface area is 140 Å². The van der Waals surface area contributed by atoms with Crippen molar-refractivity contribution in [2.75, 3.05) is 17.7 Å².